The van der Waals surface area contributed by atoms with Crippen LogP contribution in [-0.4, -0.2) is 30.4 Å². The quantitative estimate of drug-likeness (QED) is 0.864. The van der Waals surface area contributed by atoms with Gasteiger partial charge >= 0.3 is 5.97 Å². The lowest BCUT2D eigenvalue weighted by molar-refractivity contribution is 0.0599. The fourth-order valence-electron chi connectivity index (χ4n) is 2.09. The normalized spacial score (nSPS) is 22.3. The molecular formula is C13H14BrFO4. The molecule has 0 radical (unpaired) electrons. The van der Waals surface area contributed by atoms with Gasteiger partial charge in [-0.2, -0.15) is 0 Å². The van der Waals surface area contributed by atoms with E-state index < -0.39 is 11.8 Å². The van der Waals surface area contributed by atoms with Gasteiger partial charge in [0.25, 0.3) is 0 Å². The zero-order valence-corrected chi connectivity index (χ0v) is 11.9. The fourth-order valence-corrected chi connectivity index (χ4v) is 2.58. The molecule has 1 fully saturated rings. The zero-order valence-electron chi connectivity index (χ0n) is 10.4. The number of ether oxygens (including phenoxy) is 2. The monoisotopic (exact) mass is 332 g/mol. The summed E-state index contributed by atoms with van der Waals surface area (Å²) in [4.78, 5) is 11.4. The summed E-state index contributed by atoms with van der Waals surface area (Å²) >= 11 is 3.03. The van der Waals surface area contributed by atoms with E-state index in [0.717, 1.165) is 0 Å². The third-order valence-corrected chi connectivity index (χ3v) is 3.88. The van der Waals surface area contributed by atoms with Crippen LogP contribution in [-0.2, 0) is 4.74 Å². The van der Waals surface area contributed by atoms with Crippen LogP contribution in [0.15, 0.2) is 16.6 Å². The molecule has 2 atom stereocenters. The summed E-state index contributed by atoms with van der Waals surface area (Å²) in [7, 11) is 1.23. The van der Waals surface area contributed by atoms with Crippen molar-refractivity contribution in [2.75, 3.05) is 7.11 Å². The summed E-state index contributed by atoms with van der Waals surface area (Å²) in [6.07, 6.45) is 1.27. The Morgan fingerprint density at radius 3 is 2.79 bits per heavy atom. The van der Waals surface area contributed by atoms with Crippen LogP contribution < -0.4 is 4.74 Å². The molecule has 1 N–H and O–H groups in total. The van der Waals surface area contributed by atoms with Gasteiger partial charge in [0.05, 0.1) is 23.2 Å². The number of methoxy groups -OCH3 is 1. The van der Waals surface area contributed by atoms with Gasteiger partial charge in [-0.25, -0.2) is 9.18 Å². The van der Waals surface area contributed by atoms with Crippen LogP contribution in [0.4, 0.5) is 4.39 Å². The van der Waals surface area contributed by atoms with E-state index in [1.54, 1.807) is 0 Å². The average Bonchev–Trinajstić information content (AvgIpc) is 2.80. The Bertz CT molecular complexity index is 492. The molecule has 0 unspecified atom stereocenters. The molecule has 4 nitrogen and oxygen atoms in total. The van der Waals surface area contributed by atoms with E-state index in [2.05, 4.69) is 20.7 Å². The predicted molar refractivity (Wildman–Crippen MR) is 69.7 cm³/mol. The van der Waals surface area contributed by atoms with Crippen molar-refractivity contribution in [2.45, 2.75) is 31.5 Å². The number of esters is 1. The van der Waals surface area contributed by atoms with Crippen molar-refractivity contribution in [3.8, 4) is 5.75 Å². The van der Waals surface area contributed by atoms with Gasteiger partial charge in [0, 0.05) is 6.42 Å². The van der Waals surface area contributed by atoms with Gasteiger partial charge in [0.15, 0.2) is 11.6 Å². The Morgan fingerprint density at radius 1 is 1.47 bits per heavy atom. The Morgan fingerprint density at radius 2 is 2.21 bits per heavy atom. The highest BCUT2D eigenvalue weighted by Crippen LogP contribution is 2.32. The van der Waals surface area contributed by atoms with Crippen LogP contribution in [0.25, 0.3) is 0 Å². The largest absolute Gasteiger partial charge is 0.487 e. The Balaban J connectivity index is 2.19. The molecule has 104 valence electrons. The minimum Gasteiger partial charge on any atom is -0.487 e. The van der Waals surface area contributed by atoms with Crippen LogP contribution in [0.1, 0.15) is 29.6 Å². The van der Waals surface area contributed by atoms with Gasteiger partial charge in [0.1, 0.15) is 6.10 Å². The molecule has 2 rings (SSSR count). The van der Waals surface area contributed by atoms with E-state index >= 15 is 0 Å². The summed E-state index contributed by atoms with van der Waals surface area (Å²) in [6, 6.07) is 2.84. The zero-order chi connectivity index (χ0) is 14.0. The minimum absolute atomic E-state index is 0.0235. The van der Waals surface area contributed by atoms with E-state index in [0.29, 0.717) is 19.3 Å². The van der Waals surface area contributed by atoms with E-state index in [1.807, 2.05) is 0 Å². The predicted octanol–water partition coefficient (Wildman–Crippen LogP) is 2.67. The average molecular weight is 333 g/mol. The molecule has 0 spiro atoms. The highest BCUT2D eigenvalue weighted by molar-refractivity contribution is 9.10. The maximum atomic E-state index is 14.1. The van der Waals surface area contributed by atoms with Crippen molar-refractivity contribution in [3.63, 3.8) is 0 Å². The third kappa shape index (κ3) is 3.06. The van der Waals surface area contributed by atoms with E-state index in [1.165, 1.54) is 19.2 Å². The lowest BCUT2D eigenvalue weighted by Gasteiger charge is -2.15. The first-order valence-corrected chi connectivity index (χ1v) is 6.73. The summed E-state index contributed by atoms with van der Waals surface area (Å²) in [5.41, 5.74) is 0.110. The maximum Gasteiger partial charge on any atom is 0.339 e. The third-order valence-electron chi connectivity index (χ3n) is 3.10. The first kappa shape index (κ1) is 14.3. The topological polar surface area (TPSA) is 55.8 Å². The lowest BCUT2D eigenvalue weighted by atomic mass is 10.2. The molecule has 6 heteroatoms. The van der Waals surface area contributed by atoms with E-state index in [4.69, 9.17) is 4.74 Å². The molecule has 1 aliphatic rings. The molecule has 0 saturated heterocycles. The molecule has 0 amide bonds. The van der Waals surface area contributed by atoms with Crippen molar-refractivity contribution >= 4 is 21.9 Å². The fraction of sp³-hybridized carbons (Fsp3) is 0.462. The minimum atomic E-state index is -0.635. The summed E-state index contributed by atoms with van der Waals surface area (Å²) < 4.78 is 24.1. The lowest BCUT2D eigenvalue weighted by Crippen LogP contribution is -2.15. The van der Waals surface area contributed by atoms with Crippen molar-refractivity contribution in [3.05, 3.63) is 28.0 Å². The summed E-state index contributed by atoms with van der Waals surface area (Å²) in [6.45, 7) is 0. The molecule has 1 aliphatic carbocycles. The van der Waals surface area contributed by atoms with Gasteiger partial charge < -0.3 is 14.6 Å². The summed E-state index contributed by atoms with van der Waals surface area (Å²) in [5.74, 6) is -1.18. The molecule has 0 aliphatic heterocycles. The van der Waals surface area contributed by atoms with Gasteiger partial charge in [-0.1, -0.05) is 0 Å². The number of aliphatic hydroxyl groups excluding tert-OH is 1. The number of carbonyl (C=O) groups excluding carboxylic acids is 1. The second-order valence-corrected chi connectivity index (χ2v) is 5.23. The first-order valence-electron chi connectivity index (χ1n) is 5.94. The molecule has 0 aromatic heterocycles. The molecule has 1 aromatic carbocycles. The van der Waals surface area contributed by atoms with Crippen LogP contribution in [0.5, 0.6) is 5.75 Å². The van der Waals surface area contributed by atoms with Gasteiger partial charge in [-0.15, -0.1) is 0 Å². The molecule has 0 heterocycles. The van der Waals surface area contributed by atoms with E-state index in [9.17, 15) is 14.3 Å². The molecule has 1 aromatic rings. The number of carbonyl (C=O) groups is 1. The van der Waals surface area contributed by atoms with Crippen LogP contribution in [0, 0.1) is 5.82 Å². The van der Waals surface area contributed by atoms with Crippen molar-refractivity contribution in [1.29, 1.82) is 0 Å². The smallest absolute Gasteiger partial charge is 0.339 e. The number of aliphatic hydroxyl groups is 1. The SMILES string of the molecule is COC(=O)c1ccc(O[C@H]2CC[C@@H](O)C2)c(F)c1Br. The van der Waals surface area contributed by atoms with Crippen LogP contribution >= 0.6 is 15.9 Å². The highest BCUT2D eigenvalue weighted by atomic mass is 79.9. The standard InChI is InChI=1S/C13H14BrFO4/c1-18-13(17)9-4-5-10(12(15)11(9)14)19-8-3-2-7(16)6-8/h4-5,7-8,16H,2-3,6H2,1H3/t7-,8+/m1/s1. The number of hydrogen-bond acceptors (Lipinski definition) is 4. The first-order chi connectivity index (χ1) is 9.02. The highest BCUT2D eigenvalue weighted by Gasteiger charge is 2.26. The Labute approximate surface area is 118 Å². The van der Waals surface area contributed by atoms with Crippen LogP contribution in [0.2, 0.25) is 0 Å². The molecule has 19 heavy (non-hydrogen) atoms. The molecule has 1 saturated carbocycles. The Kier molecular flexibility index (Phi) is 4.42. The molecular weight excluding hydrogens is 319 g/mol. The number of benzene rings is 1. The van der Waals surface area contributed by atoms with Crippen molar-refractivity contribution in [1.82, 2.24) is 0 Å². The number of halogens is 2. The second-order valence-electron chi connectivity index (χ2n) is 4.44. The van der Waals surface area contributed by atoms with Gasteiger partial charge in [-0.3, -0.25) is 0 Å². The van der Waals surface area contributed by atoms with Crippen LogP contribution in [0.3, 0.4) is 0 Å². The van der Waals surface area contributed by atoms with Gasteiger partial charge in [-0.05, 0) is 40.9 Å². The summed E-state index contributed by atoms with van der Waals surface area (Å²) in [5, 5.41) is 9.41. The molecule has 0 bridgehead atoms. The maximum absolute atomic E-state index is 14.1. The van der Waals surface area contributed by atoms with Gasteiger partial charge in [0.2, 0.25) is 0 Å². The second kappa shape index (κ2) is 5.88. The number of hydrogen-bond donors (Lipinski definition) is 1. The van der Waals surface area contributed by atoms with Crippen molar-refractivity contribution in [2.24, 2.45) is 0 Å². The van der Waals surface area contributed by atoms with E-state index in [-0.39, 0.29) is 28.0 Å². The Hall–Kier alpha value is -1.14. The van der Waals surface area contributed by atoms with Crippen molar-refractivity contribution < 1.29 is 23.8 Å². The number of rotatable bonds is 3.